The van der Waals surface area contributed by atoms with Crippen LogP contribution in [0.5, 0.6) is 5.75 Å². The number of rotatable bonds is 4. The predicted octanol–water partition coefficient (Wildman–Crippen LogP) is 2.52. The highest BCUT2D eigenvalue weighted by Crippen LogP contribution is 2.41. The molecule has 0 spiro atoms. The SMILES string of the molecule is [2H]C1CCCCC1(O)C(CCN)c1ccc(O)cc1. The van der Waals surface area contributed by atoms with Gasteiger partial charge in [0.2, 0.25) is 0 Å². The second-order valence-electron chi connectivity index (χ2n) is 5.16. The van der Waals surface area contributed by atoms with Gasteiger partial charge >= 0.3 is 0 Å². The Morgan fingerprint density at radius 1 is 1.28 bits per heavy atom. The summed E-state index contributed by atoms with van der Waals surface area (Å²) in [7, 11) is 0. The van der Waals surface area contributed by atoms with Crippen molar-refractivity contribution in [3.05, 3.63) is 29.8 Å². The van der Waals surface area contributed by atoms with Crippen molar-refractivity contribution >= 4 is 0 Å². The van der Waals surface area contributed by atoms with Gasteiger partial charge in [0, 0.05) is 7.29 Å². The van der Waals surface area contributed by atoms with E-state index in [9.17, 15) is 10.2 Å². The molecule has 0 aromatic heterocycles. The van der Waals surface area contributed by atoms with E-state index in [0.29, 0.717) is 19.4 Å². The maximum atomic E-state index is 10.9. The van der Waals surface area contributed by atoms with Crippen LogP contribution in [0.15, 0.2) is 24.3 Å². The first kappa shape index (κ1) is 12.0. The number of benzene rings is 1. The van der Waals surface area contributed by atoms with E-state index in [4.69, 9.17) is 7.10 Å². The number of nitrogens with two attached hydrogens (primary N) is 1. The van der Waals surface area contributed by atoms with E-state index in [2.05, 4.69) is 0 Å². The Kier molecular flexibility index (Phi) is 3.81. The molecule has 3 atom stereocenters. The fourth-order valence-corrected chi connectivity index (χ4v) is 2.90. The van der Waals surface area contributed by atoms with Crippen molar-refractivity contribution < 1.29 is 11.6 Å². The van der Waals surface area contributed by atoms with Crippen molar-refractivity contribution in [1.29, 1.82) is 0 Å². The fourth-order valence-electron chi connectivity index (χ4n) is 2.90. The third kappa shape index (κ3) is 2.85. The first-order valence-corrected chi connectivity index (χ1v) is 6.71. The number of aromatic hydroxyl groups is 1. The zero-order chi connectivity index (χ0) is 13.9. The van der Waals surface area contributed by atoms with Gasteiger partial charge in [-0.25, -0.2) is 0 Å². The molecule has 3 heteroatoms. The van der Waals surface area contributed by atoms with E-state index in [1.807, 2.05) is 12.1 Å². The minimum absolute atomic E-state index is 0.124. The Hall–Kier alpha value is -1.06. The van der Waals surface area contributed by atoms with Gasteiger partial charge in [-0.3, -0.25) is 0 Å². The van der Waals surface area contributed by atoms with Crippen LogP contribution in [-0.4, -0.2) is 22.4 Å². The Bertz CT molecular complexity index is 409. The molecule has 3 unspecified atom stereocenters. The molecule has 0 amide bonds. The quantitative estimate of drug-likeness (QED) is 0.769. The van der Waals surface area contributed by atoms with Crippen molar-refractivity contribution in [1.82, 2.24) is 0 Å². The molecule has 1 aliphatic carbocycles. The van der Waals surface area contributed by atoms with Crippen molar-refractivity contribution in [2.45, 2.75) is 50.0 Å². The van der Waals surface area contributed by atoms with Gasteiger partial charge < -0.3 is 15.9 Å². The lowest BCUT2D eigenvalue weighted by Gasteiger charge is -2.39. The minimum Gasteiger partial charge on any atom is -0.508 e. The molecule has 1 aromatic rings. The molecule has 0 saturated heterocycles. The molecule has 3 nitrogen and oxygen atoms in total. The maximum Gasteiger partial charge on any atom is 0.115 e. The second-order valence-corrected chi connectivity index (χ2v) is 5.16. The van der Waals surface area contributed by atoms with Crippen molar-refractivity contribution in [3.8, 4) is 5.75 Å². The van der Waals surface area contributed by atoms with Crippen molar-refractivity contribution in [3.63, 3.8) is 0 Å². The molecule has 2 rings (SSSR count). The van der Waals surface area contributed by atoms with E-state index >= 15 is 0 Å². The van der Waals surface area contributed by atoms with E-state index in [0.717, 1.165) is 24.8 Å². The van der Waals surface area contributed by atoms with Gasteiger partial charge in [-0.1, -0.05) is 31.4 Å². The summed E-state index contributed by atoms with van der Waals surface area (Å²) in [6, 6.07) is 6.91. The van der Waals surface area contributed by atoms with Crippen LogP contribution in [-0.2, 0) is 0 Å². The molecule has 18 heavy (non-hydrogen) atoms. The highest BCUT2D eigenvalue weighted by atomic mass is 16.3. The van der Waals surface area contributed by atoms with E-state index < -0.39 is 12.0 Å². The van der Waals surface area contributed by atoms with Crippen LogP contribution >= 0.6 is 0 Å². The molecule has 1 aliphatic rings. The van der Waals surface area contributed by atoms with Crippen LogP contribution in [0.1, 0.15) is 51.4 Å². The third-order valence-corrected chi connectivity index (χ3v) is 3.88. The minimum atomic E-state index is -0.991. The molecule has 1 fully saturated rings. The molecule has 0 radical (unpaired) electrons. The first-order chi connectivity index (χ1) is 9.08. The Balaban J connectivity index is 2.30. The second kappa shape index (κ2) is 5.72. The van der Waals surface area contributed by atoms with Crippen LogP contribution < -0.4 is 5.73 Å². The predicted molar refractivity (Wildman–Crippen MR) is 72.6 cm³/mol. The van der Waals surface area contributed by atoms with Gasteiger partial charge in [0.25, 0.3) is 0 Å². The lowest BCUT2D eigenvalue weighted by Crippen LogP contribution is -2.39. The highest BCUT2D eigenvalue weighted by molar-refractivity contribution is 5.30. The molecular formula is C15H23NO2. The Morgan fingerprint density at radius 3 is 2.61 bits per heavy atom. The third-order valence-electron chi connectivity index (χ3n) is 3.88. The molecule has 0 aliphatic heterocycles. The molecule has 1 saturated carbocycles. The first-order valence-electron chi connectivity index (χ1n) is 7.29. The summed E-state index contributed by atoms with van der Waals surface area (Å²) < 4.78 is 8.19. The van der Waals surface area contributed by atoms with Crippen molar-refractivity contribution in [2.75, 3.05) is 6.54 Å². The summed E-state index contributed by atoms with van der Waals surface area (Å²) in [5, 5.41) is 20.3. The Labute approximate surface area is 110 Å². The van der Waals surface area contributed by atoms with Crippen LogP contribution in [0.3, 0.4) is 0 Å². The summed E-state index contributed by atoms with van der Waals surface area (Å²) in [6.45, 7) is 0.487. The average molecular weight is 250 g/mol. The van der Waals surface area contributed by atoms with E-state index in [-0.39, 0.29) is 11.7 Å². The molecule has 1 aromatic carbocycles. The molecule has 0 heterocycles. The van der Waals surface area contributed by atoms with Gasteiger partial charge in [-0.15, -0.1) is 0 Å². The maximum absolute atomic E-state index is 10.9. The summed E-state index contributed by atoms with van der Waals surface area (Å²) in [5.41, 5.74) is 5.66. The van der Waals surface area contributed by atoms with Gasteiger partial charge in [-0.05, 0) is 43.5 Å². The zero-order valence-corrected chi connectivity index (χ0v) is 10.7. The van der Waals surface area contributed by atoms with Crippen LogP contribution in [0.25, 0.3) is 0 Å². The summed E-state index contributed by atoms with van der Waals surface area (Å²) >= 11 is 0. The number of hydrogen-bond donors (Lipinski definition) is 3. The summed E-state index contributed by atoms with van der Waals surface area (Å²) in [5.74, 6) is 0.0919. The summed E-state index contributed by atoms with van der Waals surface area (Å²) in [6.07, 6.45) is 3.59. The summed E-state index contributed by atoms with van der Waals surface area (Å²) in [4.78, 5) is 0. The number of aliphatic hydroxyl groups is 1. The van der Waals surface area contributed by atoms with Gasteiger partial charge in [0.1, 0.15) is 5.75 Å². The largest absolute Gasteiger partial charge is 0.508 e. The molecular weight excluding hydrogens is 226 g/mol. The lowest BCUT2D eigenvalue weighted by atomic mass is 9.71. The fraction of sp³-hybridized carbons (Fsp3) is 0.600. The standard InChI is InChI=1S/C15H23NO2/c16-11-8-14(12-4-6-13(17)7-5-12)15(18)9-2-1-3-10-15/h4-7,14,17-18H,1-3,8-11,16H2/i9D. The smallest absolute Gasteiger partial charge is 0.115 e. The van der Waals surface area contributed by atoms with Crippen molar-refractivity contribution in [2.24, 2.45) is 5.73 Å². The number of phenolic OH excluding ortho intramolecular Hbond substituents is 1. The average Bonchev–Trinajstić information content (AvgIpc) is 2.41. The topological polar surface area (TPSA) is 66.5 Å². The van der Waals surface area contributed by atoms with Gasteiger partial charge in [-0.2, -0.15) is 0 Å². The molecule has 0 bridgehead atoms. The highest BCUT2D eigenvalue weighted by Gasteiger charge is 2.37. The van der Waals surface area contributed by atoms with Gasteiger partial charge in [0.05, 0.1) is 5.60 Å². The van der Waals surface area contributed by atoms with Gasteiger partial charge in [0.15, 0.2) is 0 Å². The molecule has 100 valence electrons. The Morgan fingerprint density at radius 2 is 2.00 bits per heavy atom. The number of phenols is 1. The van der Waals surface area contributed by atoms with E-state index in [1.54, 1.807) is 12.1 Å². The van der Waals surface area contributed by atoms with Crippen LogP contribution in [0.2, 0.25) is 0 Å². The molecule has 4 N–H and O–H groups in total. The normalized spacial score (nSPS) is 30.8. The zero-order valence-electron chi connectivity index (χ0n) is 11.7. The lowest BCUT2D eigenvalue weighted by molar-refractivity contribution is -0.0235. The van der Waals surface area contributed by atoms with Crippen LogP contribution in [0, 0.1) is 0 Å². The van der Waals surface area contributed by atoms with Crippen LogP contribution in [0.4, 0.5) is 0 Å². The number of hydrogen-bond acceptors (Lipinski definition) is 3. The van der Waals surface area contributed by atoms with E-state index in [1.165, 1.54) is 0 Å². The monoisotopic (exact) mass is 250 g/mol.